The third-order valence-electron chi connectivity index (χ3n) is 2.26. The lowest BCUT2D eigenvalue weighted by molar-refractivity contribution is 0.00377. The van der Waals surface area contributed by atoms with Crippen molar-refractivity contribution in [2.24, 2.45) is 4.99 Å². The van der Waals surface area contributed by atoms with Crippen molar-refractivity contribution in [3.05, 3.63) is 0 Å². The molecule has 1 aliphatic rings. The SMILES string of the molecule is CC(O)N1CCC(N=C=O)CC1. The van der Waals surface area contributed by atoms with Crippen molar-refractivity contribution in [1.82, 2.24) is 4.90 Å². The van der Waals surface area contributed by atoms with E-state index in [1.807, 2.05) is 4.90 Å². The van der Waals surface area contributed by atoms with E-state index in [-0.39, 0.29) is 12.3 Å². The predicted octanol–water partition coefficient (Wildman–Crippen LogP) is 0.125. The summed E-state index contributed by atoms with van der Waals surface area (Å²) in [6.45, 7) is 3.38. The summed E-state index contributed by atoms with van der Waals surface area (Å²) < 4.78 is 0. The normalized spacial score (nSPS) is 23.2. The summed E-state index contributed by atoms with van der Waals surface area (Å²) in [6, 6.07) is 0.123. The number of hydrogen-bond acceptors (Lipinski definition) is 4. The fraction of sp³-hybridized carbons (Fsp3) is 0.875. The lowest BCUT2D eigenvalue weighted by atomic mass is 10.1. The summed E-state index contributed by atoms with van der Waals surface area (Å²) in [5.41, 5.74) is 0. The fourth-order valence-electron chi connectivity index (χ4n) is 1.46. The Bertz CT molecular complexity index is 179. The molecule has 4 heteroatoms. The van der Waals surface area contributed by atoms with Crippen LogP contribution >= 0.6 is 0 Å². The van der Waals surface area contributed by atoms with Gasteiger partial charge in [0.1, 0.15) is 6.23 Å². The van der Waals surface area contributed by atoms with E-state index >= 15 is 0 Å². The van der Waals surface area contributed by atoms with Crippen LogP contribution in [0.5, 0.6) is 0 Å². The van der Waals surface area contributed by atoms with Crippen LogP contribution < -0.4 is 0 Å². The van der Waals surface area contributed by atoms with Gasteiger partial charge >= 0.3 is 0 Å². The molecular weight excluding hydrogens is 156 g/mol. The molecule has 0 bridgehead atoms. The summed E-state index contributed by atoms with van der Waals surface area (Å²) >= 11 is 0. The Kier molecular flexibility index (Phi) is 3.41. The maximum absolute atomic E-state index is 9.93. The molecule has 0 saturated carbocycles. The number of isocyanates is 1. The zero-order valence-corrected chi connectivity index (χ0v) is 7.23. The van der Waals surface area contributed by atoms with Crippen LogP contribution in [0.15, 0.2) is 4.99 Å². The summed E-state index contributed by atoms with van der Waals surface area (Å²) in [4.78, 5) is 15.6. The molecule has 0 aromatic carbocycles. The van der Waals surface area contributed by atoms with Gasteiger partial charge in [-0.2, -0.15) is 0 Å². The molecule has 68 valence electrons. The molecule has 0 aliphatic carbocycles. The average Bonchev–Trinajstić information content (AvgIpc) is 2.06. The largest absolute Gasteiger partial charge is 0.379 e. The monoisotopic (exact) mass is 170 g/mol. The highest BCUT2D eigenvalue weighted by Crippen LogP contribution is 2.14. The van der Waals surface area contributed by atoms with Crippen molar-refractivity contribution in [3.63, 3.8) is 0 Å². The van der Waals surface area contributed by atoms with E-state index in [4.69, 9.17) is 0 Å². The number of likely N-dealkylation sites (tertiary alicyclic amines) is 1. The van der Waals surface area contributed by atoms with E-state index in [1.165, 1.54) is 0 Å². The fourth-order valence-corrected chi connectivity index (χ4v) is 1.46. The van der Waals surface area contributed by atoms with E-state index in [9.17, 15) is 9.90 Å². The van der Waals surface area contributed by atoms with Gasteiger partial charge in [-0.05, 0) is 19.8 Å². The van der Waals surface area contributed by atoms with E-state index in [0.717, 1.165) is 25.9 Å². The molecule has 0 aromatic heterocycles. The molecule has 0 spiro atoms. The Labute approximate surface area is 71.9 Å². The third kappa shape index (κ3) is 2.41. The molecule has 1 fully saturated rings. The van der Waals surface area contributed by atoms with Crippen LogP contribution in [0.25, 0.3) is 0 Å². The number of aliphatic imine (C=N–C) groups is 1. The van der Waals surface area contributed by atoms with Gasteiger partial charge in [-0.25, -0.2) is 9.79 Å². The molecule has 1 unspecified atom stereocenters. The minimum Gasteiger partial charge on any atom is -0.379 e. The van der Waals surface area contributed by atoms with Crippen molar-refractivity contribution in [2.75, 3.05) is 13.1 Å². The number of carbonyl (C=O) groups excluding carboxylic acids is 1. The Morgan fingerprint density at radius 2 is 2.17 bits per heavy atom. The zero-order valence-electron chi connectivity index (χ0n) is 7.23. The molecule has 0 aromatic rings. The third-order valence-corrected chi connectivity index (χ3v) is 2.26. The van der Waals surface area contributed by atoms with E-state index in [2.05, 4.69) is 4.99 Å². The van der Waals surface area contributed by atoms with Gasteiger partial charge in [0.25, 0.3) is 0 Å². The minimum atomic E-state index is -0.383. The number of piperidine rings is 1. The average molecular weight is 170 g/mol. The molecule has 4 nitrogen and oxygen atoms in total. The van der Waals surface area contributed by atoms with Gasteiger partial charge in [0.15, 0.2) is 0 Å². The summed E-state index contributed by atoms with van der Waals surface area (Å²) in [7, 11) is 0. The van der Waals surface area contributed by atoms with Gasteiger partial charge in [0, 0.05) is 13.1 Å². The standard InChI is InChI=1S/C8H14N2O2/c1-7(12)10-4-2-8(3-5-10)9-6-11/h7-8,12H,2-5H2,1H3. The number of hydrogen-bond donors (Lipinski definition) is 1. The van der Waals surface area contributed by atoms with Gasteiger partial charge in [-0.15, -0.1) is 0 Å². The number of aliphatic hydroxyl groups is 1. The first-order valence-corrected chi connectivity index (χ1v) is 4.23. The zero-order chi connectivity index (χ0) is 8.97. The van der Waals surface area contributed by atoms with Crippen molar-refractivity contribution >= 4 is 6.08 Å². The van der Waals surface area contributed by atoms with E-state index in [1.54, 1.807) is 13.0 Å². The first-order valence-electron chi connectivity index (χ1n) is 4.23. The highest BCUT2D eigenvalue weighted by atomic mass is 16.3. The molecular formula is C8H14N2O2. The van der Waals surface area contributed by atoms with Gasteiger partial charge in [0.05, 0.1) is 6.04 Å². The summed E-state index contributed by atoms with van der Waals surface area (Å²) in [5.74, 6) is 0. The number of nitrogens with zero attached hydrogens (tertiary/aromatic N) is 2. The Balaban J connectivity index is 2.34. The highest BCUT2D eigenvalue weighted by molar-refractivity contribution is 5.33. The molecule has 1 rings (SSSR count). The Morgan fingerprint density at radius 1 is 1.58 bits per heavy atom. The quantitative estimate of drug-likeness (QED) is 0.473. The first-order chi connectivity index (χ1) is 5.74. The molecule has 0 radical (unpaired) electrons. The van der Waals surface area contributed by atoms with Crippen LogP contribution in [-0.4, -0.2) is 41.4 Å². The molecule has 1 N–H and O–H groups in total. The van der Waals surface area contributed by atoms with Gasteiger partial charge in [-0.1, -0.05) is 0 Å². The lowest BCUT2D eigenvalue weighted by Gasteiger charge is -2.31. The van der Waals surface area contributed by atoms with Crippen molar-refractivity contribution in [2.45, 2.75) is 32.0 Å². The molecule has 0 amide bonds. The van der Waals surface area contributed by atoms with Crippen LogP contribution in [0, 0.1) is 0 Å². The van der Waals surface area contributed by atoms with Gasteiger partial charge in [-0.3, -0.25) is 4.90 Å². The minimum absolute atomic E-state index is 0.123. The van der Waals surface area contributed by atoms with Crippen LogP contribution in [0.1, 0.15) is 19.8 Å². The van der Waals surface area contributed by atoms with Crippen LogP contribution in [-0.2, 0) is 4.79 Å². The predicted molar refractivity (Wildman–Crippen MR) is 44.4 cm³/mol. The summed E-state index contributed by atoms with van der Waals surface area (Å²) in [6.07, 6.45) is 2.89. The molecule has 1 saturated heterocycles. The highest BCUT2D eigenvalue weighted by Gasteiger charge is 2.20. The second-order valence-corrected chi connectivity index (χ2v) is 3.12. The second-order valence-electron chi connectivity index (χ2n) is 3.12. The maximum Gasteiger partial charge on any atom is 0.235 e. The lowest BCUT2D eigenvalue weighted by Crippen LogP contribution is -2.40. The van der Waals surface area contributed by atoms with E-state index in [0.29, 0.717) is 0 Å². The Morgan fingerprint density at radius 3 is 2.58 bits per heavy atom. The topological polar surface area (TPSA) is 52.9 Å². The van der Waals surface area contributed by atoms with Crippen LogP contribution in [0.4, 0.5) is 0 Å². The van der Waals surface area contributed by atoms with Crippen molar-refractivity contribution in [3.8, 4) is 0 Å². The van der Waals surface area contributed by atoms with Crippen LogP contribution in [0.2, 0.25) is 0 Å². The molecule has 1 heterocycles. The van der Waals surface area contributed by atoms with Crippen LogP contribution in [0.3, 0.4) is 0 Å². The first kappa shape index (κ1) is 9.39. The smallest absolute Gasteiger partial charge is 0.235 e. The molecule has 1 aliphatic heterocycles. The van der Waals surface area contributed by atoms with E-state index < -0.39 is 0 Å². The second kappa shape index (κ2) is 4.36. The van der Waals surface area contributed by atoms with Crippen molar-refractivity contribution in [1.29, 1.82) is 0 Å². The van der Waals surface area contributed by atoms with Gasteiger partial charge < -0.3 is 5.11 Å². The number of aliphatic hydroxyl groups excluding tert-OH is 1. The maximum atomic E-state index is 9.93. The van der Waals surface area contributed by atoms with Gasteiger partial charge in [0.2, 0.25) is 6.08 Å². The number of rotatable bonds is 2. The van der Waals surface area contributed by atoms with Crippen molar-refractivity contribution < 1.29 is 9.90 Å². The molecule has 1 atom stereocenters. The Hall–Kier alpha value is -0.700. The molecule has 12 heavy (non-hydrogen) atoms. The summed E-state index contributed by atoms with van der Waals surface area (Å²) in [5, 5.41) is 9.21.